The highest BCUT2D eigenvalue weighted by atomic mass is 16.5. The van der Waals surface area contributed by atoms with Crippen molar-refractivity contribution in [2.75, 3.05) is 13.2 Å². The van der Waals surface area contributed by atoms with Crippen molar-refractivity contribution in [3.05, 3.63) is 29.8 Å². The zero-order valence-corrected chi connectivity index (χ0v) is 13.6. The van der Waals surface area contributed by atoms with Crippen molar-refractivity contribution in [2.24, 2.45) is 0 Å². The zero-order chi connectivity index (χ0) is 16.5. The zero-order valence-electron chi connectivity index (χ0n) is 13.6. The average Bonchev–Trinajstić information content (AvgIpc) is 2.42. The number of nitrogens with one attached hydrogen (secondary N) is 3. The molecule has 122 valence electrons. The first kappa shape index (κ1) is 17.8. The number of aryl methyl sites for hydroxylation is 1. The molecule has 6 nitrogen and oxygen atoms in total. The van der Waals surface area contributed by atoms with E-state index in [1.807, 2.05) is 52.0 Å². The van der Waals surface area contributed by atoms with E-state index in [0.29, 0.717) is 6.61 Å². The number of carbonyl (C=O) groups excluding carboxylic acids is 2. The normalized spacial score (nSPS) is 11.7. The standard InChI is InChI=1S/C16H25N3O3/c1-11(2)18-15(20)9-17-16(21)19-13(4)10-22-14-7-5-6-12(3)8-14/h5-8,11,13H,9-10H2,1-4H3,(H,18,20)(H2,17,19,21)/t13-/m1/s1. The second-order valence-corrected chi connectivity index (χ2v) is 5.58. The lowest BCUT2D eigenvalue weighted by atomic mass is 10.2. The lowest BCUT2D eigenvalue weighted by Crippen LogP contribution is -2.47. The molecule has 1 atom stereocenters. The maximum Gasteiger partial charge on any atom is 0.315 e. The van der Waals surface area contributed by atoms with E-state index in [0.717, 1.165) is 11.3 Å². The lowest BCUT2D eigenvalue weighted by Gasteiger charge is -2.16. The third-order valence-electron chi connectivity index (χ3n) is 2.73. The highest BCUT2D eigenvalue weighted by Gasteiger charge is 2.10. The Labute approximate surface area is 131 Å². The predicted octanol–water partition coefficient (Wildman–Crippen LogP) is 1.59. The number of benzene rings is 1. The monoisotopic (exact) mass is 307 g/mol. The predicted molar refractivity (Wildman–Crippen MR) is 85.9 cm³/mol. The molecule has 0 aliphatic heterocycles. The van der Waals surface area contributed by atoms with Crippen molar-refractivity contribution in [1.29, 1.82) is 0 Å². The van der Waals surface area contributed by atoms with E-state index in [4.69, 9.17) is 4.74 Å². The molecule has 0 bridgehead atoms. The summed E-state index contributed by atoms with van der Waals surface area (Å²) in [6, 6.07) is 7.21. The number of rotatable bonds is 7. The van der Waals surface area contributed by atoms with Crippen molar-refractivity contribution in [3.8, 4) is 5.75 Å². The number of carbonyl (C=O) groups is 2. The Balaban J connectivity index is 2.25. The Morgan fingerprint density at radius 2 is 1.91 bits per heavy atom. The summed E-state index contributed by atoms with van der Waals surface area (Å²) in [7, 11) is 0. The van der Waals surface area contributed by atoms with Gasteiger partial charge in [-0.15, -0.1) is 0 Å². The van der Waals surface area contributed by atoms with Crippen LogP contribution in [0.5, 0.6) is 5.75 Å². The molecule has 0 saturated heterocycles. The summed E-state index contributed by atoms with van der Waals surface area (Å²) in [5.74, 6) is 0.555. The first-order valence-electron chi connectivity index (χ1n) is 7.40. The molecule has 0 aromatic heterocycles. The van der Waals surface area contributed by atoms with Crippen LogP contribution in [0.15, 0.2) is 24.3 Å². The largest absolute Gasteiger partial charge is 0.491 e. The molecule has 0 unspecified atom stereocenters. The quantitative estimate of drug-likeness (QED) is 0.715. The Bertz CT molecular complexity index is 503. The molecule has 3 amide bonds. The Morgan fingerprint density at radius 3 is 2.55 bits per heavy atom. The maximum absolute atomic E-state index is 11.7. The summed E-state index contributed by atoms with van der Waals surface area (Å²) >= 11 is 0. The average molecular weight is 307 g/mol. The Morgan fingerprint density at radius 1 is 1.18 bits per heavy atom. The van der Waals surface area contributed by atoms with Gasteiger partial charge in [0, 0.05) is 6.04 Å². The molecule has 3 N–H and O–H groups in total. The van der Waals surface area contributed by atoms with Gasteiger partial charge in [-0.05, 0) is 45.4 Å². The van der Waals surface area contributed by atoms with Crippen molar-refractivity contribution < 1.29 is 14.3 Å². The van der Waals surface area contributed by atoms with Gasteiger partial charge in [-0.25, -0.2) is 4.79 Å². The number of ether oxygens (including phenoxy) is 1. The number of hydrogen-bond acceptors (Lipinski definition) is 3. The van der Waals surface area contributed by atoms with E-state index >= 15 is 0 Å². The van der Waals surface area contributed by atoms with Crippen LogP contribution in [-0.4, -0.2) is 37.2 Å². The van der Waals surface area contributed by atoms with E-state index in [9.17, 15) is 9.59 Å². The minimum Gasteiger partial charge on any atom is -0.491 e. The van der Waals surface area contributed by atoms with Gasteiger partial charge in [0.2, 0.25) is 5.91 Å². The topological polar surface area (TPSA) is 79.5 Å². The van der Waals surface area contributed by atoms with Crippen LogP contribution in [0.1, 0.15) is 26.3 Å². The fourth-order valence-electron chi connectivity index (χ4n) is 1.78. The third kappa shape index (κ3) is 7.52. The van der Waals surface area contributed by atoms with Crippen molar-refractivity contribution >= 4 is 11.9 Å². The van der Waals surface area contributed by atoms with Gasteiger partial charge in [0.1, 0.15) is 12.4 Å². The molecule has 1 aromatic rings. The molecule has 0 radical (unpaired) electrons. The molecule has 0 heterocycles. The van der Waals surface area contributed by atoms with E-state index in [2.05, 4.69) is 16.0 Å². The Hall–Kier alpha value is -2.24. The number of urea groups is 1. The highest BCUT2D eigenvalue weighted by Crippen LogP contribution is 2.12. The van der Waals surface area contributed by atoms with Crippen LogP contribution >= 0.6 is 0 Å². The maximum atomic E-state index is 11.7. The SMILES string of the molecule is Cc1cccc(OC[C@@H](C)NC(=O)NCC(=O)NC(C)C)c1. The van der Waals surface area contributed by atoms with Crippen LogP contribution in [0.4, 0.5) is 4.79 Å². The van der Waals surface area contributed by atoms with E-state index in [1.54, 1.807) is 0 Å². The molecule has 0 fully saturated rings. The highest BCUT2D eigenvalue weighted by molar-refractivity contribution is 5.84. The molecule has 1 aromatic carbocycles. The van der Waals surface area contributed by atoms with Crippen molar-refractivity contribution in [3.63, 3.8) is 0 Å². The summed E-state index contributed by atoms with van der Waals surface area (Å²) in [5.41, 5.74) is 1.12. The molecule has 0 aliphatic carbocycles. The second kappa shape index (κ2) is 8.92. The number of hydrogen-bond donors (Lipinski definition) is 3. The summed E-state index contributed by atoms with van der Waals surface area (Å²) in [6.45, 7) is 7.86. The summed E-state index contributed by atoms with van der Waals surface area (Å²) in [5, 5.41) is 7.92. The summed E-state index contributed by atoms with van der Waals surface area (Å²) in [6.07, 6.45) is 0. The molecule has 0 saturated carbocycles. The number of amides is 3. The molecule has 22 heavy (non-hydrogen) atoms. The molecular formula is C16H25N3O3. The van der Waals surface area contributed by atoms with Crippen LogP contribution in [0.25, 0.3) is 0 Å². The van der Waals surface area contributed by atoms with Gasteiger partial charge < -0.3 is 20.7 Å². The molecular weight excluding hydrogens is 282 g/mol. The second-order valence-electron chi connectivity index (χ2n) is 5.58. The van der Waals surface area contributed by atoms with Crippen LogP contribution in [0, 0.1) is 6.92 Å². The molecule has 0 spiro atoms. The van der Waals surface area contributed by atoms with Crippen molar-refractivity contribution in [1.82, 2.24) is 16.0 Å². The van der Waals surface area contributed by atoms with Gasteiger partial charge >= 0.3 is 6.03 Å². The van der Waals surface area contributed by atoms with Gasteiger partial charge in [0.25, 0.3) is 0 Å². The van der Waals surface area contributed by atoms with Crippen LogP contribution in [0.3, 0.4) is 0 Å². The molecule has 1 rings (SSSR count). The van der Waals surface area contributed by atoms with Gasteiger partial charge in [0.05, 0.1) is 12.6 Å². The van der Waals surface area contributed by atoms with Gasteiger partial charge in [-0.3, -0.25) is 4.79 Å². The fraction of sp³-hybridized carbons (Fsp3) is 0.500. The Kier molecular flexibility index (Phi) is 7.22. The first-order valence-corrected chi connectivity index (χ1v) is 7.40. The lowest BCUT2D eigenvalue weighted by molar-refractivity contribution is -0.120. The first-order chi connectivity index (χ1) is 10.4. The van der Waals surface area contributed by atoms with Crippen LogP contribution < -0.4 is 20.7 Å². The van der Waals surface area contributed by atoms with Gasteiger partial charge in [-0.1, -0.05) is 12.1 Å². The fourth-order valence-corrected chi connectivity index (χ4v) is 1.78. The minimum atomic E-state index is -0.390. The minimum absolute atomic E-state index is 0.0462. The van der Waals surface area contributed by atoms with Gasteiger partial charge in [-0.2, -0.15) is 0 Å². The smallest absolute Gasteiger partial charge is 0.315 e. The van der Waals surface area contributed by atoms with Crippen LogP contribution in [0.2, 0.25) is 0 Å². The molecule has 0 aliphatic rings. The van der Waals surface area contributed by atoms with Crippen LogP contribution in [-0.2, 0) is 4.79 Å². The van der Waals surface area contributed by atoms with E-state index in [-0.39, 0.29) is 30.6 Å². The summed E-state index contributed by atoms with van der Waals surface area (Å²) in [4.78, 5) is 23.1. The van der Waals surface area contributed by atoms with E-state index in [1.165, 1.54) is 0 Å². The molecule has 6 heteroatoms. The third-order valence-corrected chi connectivity index (χ3v) is 2.73. The van der Waals surface area contributed by atoms with Crippen molar-refractivity contribution in [2.45, 2.75) is 39.8 Å². The van der Waals surface area contributed by atoms with E-state index < -0.39 is 0 Å². The summed E-state index contributed by atoms with van der Waals surface area (Å²) < 4.78 is 5.61. The van der Waals surface area contributed by atoms with Gasteiger partial charge in [0.15, 0.2) is 0 Å².